The van der Waals surface area contributed by atoms with E-state index < -0.39 is 0 Å². The minimum atomic E-state index is -0.367. The maximum Gasteiger partial charge on any atom is 0.326 e. The van der Waals surface area contributed by atoms with E-state index in [1.54, 1.807) is 11.3 Å². The second-order valence-corrected chi connectivity index (χ2v) is 8.14. The molecule has 2 aromatic heterocycles. The summed E-state index contributed by atoms with van der Waals surface area (Å²) in [5.41, 5.74) is 0.835. The molecule has 0 N–H and O–H groups in total. The number of ether oxygens (including phenoxy) is 1. The van der Waals surface area contributed by atoms with Crippen molar-refractivity contribution in [2.75, 3.05) is 19.7 Å². The fourth-order valence-electron chi connectivity index (χ4n) is 3.30. The minimum Gasteiger partial charge on any atom is -0.464 e. The van der Waals surface area contributed by atoms with E-state index in [-0.39, 0.29) is 18.1 Å². The number of aryl methyl sites for hydroxylation is 2. The van der Waals surface area contributed by atoms with Crippen LogP contribution in [-0.2, 0) is 22.6 Å². The Kier molecular flexibility index (Phi) is 6.09. The normalized spacial score (nSPS) is 15.0. The number of nitrogens with zero attached hydrogens (tertiary/aromatic N) is 3. The molecule has 0 aromatic carbocycles. The van der Waals surface area contributed by atoms with E-state index in [9.17, 15) is 9.59 Å². The topological polar surface area (TPSA) is 64.4 Å². The summed E-state index contributed by atoms with van der Waals surface area (Å²) in [6, 6.07) is 0. The van der Waals surface area contributed by atoms with Gasteiger partial charge in [0.1, 0.15) is 17.2 Å². The molecule has 2 aromatic rings. The molecule has 1 fully saturated rings. The molecule has 3 heterocycles. The first kappa shape index (κ1) is 19.0. The molecule has 7 heteroatoms. The molecule has 0 aliphatic carbocycles. The molecular weight excluding hydrogens is 350 g/mol. The highest BCUT2D eigenvalue weighted by atomic mass is 32.1. The Balaban J connectivity index is 1.96. The van der Waals surface area contributed by atoms with Gasteiger partial charge in [-0.15, -0.1) is 11.3 Å². The quantitative estimate of drug-likeness (QED) is 0.548. The van der Waals surface area contributed by atoms with Gasteiger partial charge in [0.2, 0.25) is 0 Å². The van der Waals surface area contributed by atoms with E-state index in [4.69, 9.17) is 9.72 Å². The maximum atomic E-state index is 13.1. The Morgan fingerprint density at radius 1 is 1.27 bits per heavy atom. The average molecular weight is 378 g/mol. The van der Waals surface area contributed by atoms with Gasteiger partial charge in [0, 0.05) is 4.88 Å². The smallest absolute Gasteiger partial charge is 0.326 e. The van der Waals surface area contributed by atoms with Crippen molar-refractivity contribution in [2.24, 2.45) is 0 Å². The number of rotatable bonds is 7. The van der Waals surface area contributed by atoms with E-state index >= 15 is 0 Å². The van der Waals surface area contributed by atoms with Crippen molar-refractivity contribution in [3.63, 3.8) is 0 Å². The molecular formula is C19H27N3O3S. The fourth-order valence-corrected chi connectivity index (χ4v) is 4.34. The van der Waals surface area contributed by atoms with Crippen LogP contribution in [0.4, 0.5) is 0 Å². The molecule has 142 valence electrons. The van der Waals surface area contributed by atoms with E-state index in [0.29, 0.717) is 24.4 Å². The summed E-state index contributed by atoms with van der Waals surface area (Å²) >= 11 is 1.55. The van der Waals surface area contributed by atoms with Gasteiger partial charge in [-0.05, 0) is 51.8 Å². The average Bonchev–Trinajstić information content (AvgIpc) is 3.20. The Hall–Kier alpha value is -1.73. The molecule has 1 aliphatic rings. The summed E-state index contributed by atoms with van der Waals surface area (Å²) in [5.74, 6) is 0.298. The van der Waals surface area contributed by atoms with Crippen LogP contribution < -0.4 is 5.56 Å². The van der Waals surface area contributed by atoms with Crippen molar-refractivity contribution in [1.82, 2.24) is 14.5 Å². The second kappa shape index (κ2) is 8.31. The lowest BCUT2D eigenvalue weighted by Crippen LogP contribution is -2.32. The van der Waals surface area contributed by atoms with Crippen LogP contribution in [0.25, 0.3) is 10.2 Å². The van der Waals surface area contributed by atoms with Crippen LogP contribution >= 0.6 is 11.3 Å². The van der Waals surface area contributed by atoms with Crippen LogP contribution in [0.15, 0.2) is 4.79 Å². The molecule has 0 spiro atoms. The maximum absolute atomic E-state index is 13.1. The van der Waals surface area contributed by atoms with Crippen LogP contribution in [0.5, 0.6) is 0 Å². The van der Waals surface area contributed by atoms with Crippen LogP contribution in [0.3, 0.4) is 0 Å². The number of fused-ring (bicyclic) bond motifs is 1. The number of carbonyl (C=O) groups is 1. The van der Waals surface area contributed by atoms with E-state index in [0.717, 1.165) is 41.2 Å². The molecule has 0 bridgehead atoms. The van der Waals surface area contributed by atoms with Crippen LogP contribution in [0, 0.1) is 13.8 Å². The van der Waals surface area contributed by atoms with E-state index in [1.807, 2.05) is 20.8 Å². The zero-order chi connectivity index (χ0) is 18.7. The number of likely N-dealkylation sites (tertiary alicyclic amines) is 1. The van der Waals surface area contributed by atoms with Gasteiger partial charge < -0.3 is 4.74 Å². The van der Waals surface area contributed by atoms with Crippen molar-refractivity contribution >= 4 is 27.5 Å². The predicted octanol–water partition coefficient (Wildman–Crippen LogP) is 3.01. The first-order valence-corrected chi connectivity index (χ1v) is 10.2. The third-order valence-corrected chi connectivity index (χ3v) is 6.08. The van der Waals surface area contributed by atoms with Gasteiger partial charge in [-0.2, -0.15) is 0 Å². The van der Waals surface area contributed by atoms with E-state index in [1.165, 1.54) is 17.4 Å². The number of hydrogen-bond donors (Lipinski definition) is 0. The third-order valence-electron chi connectivity index (χ3n) is 4.98. The SMILES string of the molecule is CCCCOC(=O)Cn1c(CN2CCCC2)nc2sc(C)c(C)c2c1=O. The lowest BCUT2D eigenvalue weighted by atomic mass is 10.2. The van der Waals surface area contributed by atoms with Crippen molar-refractivity contribution in [3.05, 3.63) is 26.6 Å². The number of thiophene rings is 1. The zero-order valence-corrected chi connectivity index (χ0v) is 16.7. The highest BCUT2D eigenvalue weighted by Gasteiger charge is 2.21. The van der Waals surface area contributed by atoms with Crippen molar-refractivity contribution in [1.29, 1.82) is 0 Å². The van der Waals surface area contributed by atoms with Crippen molar-refractivity contribution < 1.29 is 9.53 Å². The standard InChI is InChI=1S/C19H27N3O3S/c1-4-5-10-25-16(23)12-22-15(11-21-8-6-7-9-21)20-18-17(19(22)24)13(2)14(3)26-18/h4-12H2,1-3H3. The molecule has 0 saturated carbocycles. The number of esters is 1. The highest BCUT2D eigenvalue weighted by molar-refractivity contribution is 7.18. The van der Waals surface area contributed by atoms with Gasteiger partial charge >= 0.3 is 5.97 Å². The Morgan fingerprint density at radius 2 is 2.00 bits per heavy atom. The second-order valence-electron chi connectivity index (χ2n) is 6.94. The monoisotopic (exact) mass is 377 g/mol. The number of carbonyl (C=O) groups excluding carboxylic acids is 1. The lowest BCUT2D eigenvalue weighted by molar-refractivity contribution is -0.144. The summed E-state index contributed by atoms with van der Waals surface area (Å²) < 4.78 is 6.80. The molecule has 0 radical (unpaired) electrons. The summed E-state index contributed by atoms with van der Waals surface area (Å²) in [6.45, 7) is 8.96. The predicted molar refractivity (Wildman–Crippen MR) is 104 cm³/mol. The molecule has 26 heavy (non-hydrogen) atoms. The summed E-state index contributed by atoms with van der Waals surface area (Å²) in [4.78, 5) is 34.3. The molecule has 0 atom stereocenters. The number of hydrogen-bond acceptors (Lipinski definition) is 6. The largest absolute Gasteiger partial charge is 0.464 e. The summed E-state index contributed by atoms with van der Waals surface area (Å²) in [5, 5.41) is 0.638. The van der Waals surface area contributed by atoms with E-state index in [2.05, 4.69) is 4.90 Å². The van der Waals surface area contributed by atoms with Gasteiger partial charge in [-0.3, -0.25) is 19.1 Å². The minimum absolute atomic E-state index is 0.0665. The summed E-state index contributed by atoms with van der Waals surface area (Å²) in [7, 11) is 0. The molecule has 1 aliphatic heterocycles. The van der Waals surface area contributed by atoms with Gasteiger partial charge in [0.15, 0.2) is 0 Å². The van der Waals surface area contributed by atoms with Gasteiger partial charge in [-0.1, -0.05) is 13.3 Å². The summed E-state index contributed by atoms with van der Waals surface area (Å²) in [6.07, 6.45) is 4.14. The molecule has 6 nitrogen and oxygen atoms in total. The Labute approximate surface area is 157 Å². The fraction of sp³-hybridized carbons (Fsp3) is 0.632. The van der Waals surface area contributed by atoms with Crippen LogP contribution in [-0.4, -0.2) is 40.1 Å². The third kappa shape index (κ3) is 3.99. The lowest BCUT2D eigenvalue weighted by Gasteiger charge is -2.18. The van der Waals surface area contributed by atoms with Gasteiger partial charge in [-0.25, -0.2) is 4.98 Å². The first-order chi connectivity index (χ1) is 12.5. The van der Waals surface area contributed by atoms with Crippen LogP contribution in [0.2, 0.25) is 0 Å². The number of unbranched alkanes of at least 4 members (excludes halogenated alkanes) is 1. The Bertz CT molecular complexity index is 850. The van der Waals surface area contributed by atoms with Crippen LogP contribution in [0.1, 0.15) is 48.9 Å². The van der Waals surface area contributed by atoms with Gasteiger partial charge in [0.25, 0.3) is 5.56 Å². The Morgan fingerprint density at radius 3 is 2.69 bits per heavy atom. The first-order valence-electron chi connectivity index (χ1n) is 9.38. The zero-order valence-electron chi connectivity index (χ0n) is 15.8. The molecule has 0 amide bonds. The van der Waals surface area contributed by atoms with Gasteiger partial charge in [0.05, 0.1) is 18.5 Å². The molecule has 0 unspecified atom stereocenters. The number of aromatic nitrogens is 2. The molecule has 3 rings (SSSR count). The van der Waals surface area contributed by atoms with Crippen molar-refractivity contribution in [3.8, 4) is 0 Å². The van der Waals surface area contributed by atoms with Crippen molar-refractivity contribution in [2.45, 2.75) is 59.5 Å². The molecule has 1 saturated heterocycles. The highest BCUT2D eigenvalue weighted by Crippen LogP contribution is 2.26.